The monoisotopic (exact) mass is 361 g/mol. The first kappa shape index (κ1) is 16.8. The lowest BCUT2D eigenvalue weighted by atomic mass is 10.2. The minimum atomic E-state index is -0.382. The fourth-order valence-corrected chi connectivity index (χ4v) is 3.94. The van der Waals surface area contributed by atoms with Gasteiger partial charge in [-0.1, -0.05) is 18.2 Å². The highest BCUT2D eigenvalue weighted by Crippen LogP contribution is 2.39. The Labute approximate surface area is 147 Å². The molecule has 0 aliphatic heterocycles. The number of methoxy groups -OCH3 is 1. The van der Waals surface area contributed by atoms with Crippen LogP contribution in [-0.4, -0.2) is 19.3 Å². The smallest absolute Gasteiger partial charge is 0.265 e. The second kappa shape index (κ2) is 7.23. The molecule has 1 heterocycles. The third kappa shape index (κ3) is 3.25. The van der Waals surface area contributed by atoms with Crippen LogP contribution in [0.2, 0.25) is 0 Å². The van der Waals surface area contributed by atoms with Gasteiger partial charge < -0.3 is 10.1 Å². The molecule has 3 rings (SSSR count). The predicted molar refractivity (Wildman–Crippen MR) is 97.7 cm³/mol. The van der Waals surface area contributed by atoms with E-state index in [4.69, 9.17) is 4.74 Å². The number of halogens is 1. The molecule has 0 aliphatic carbocycles. The summed E-state index contributed by atoms with van der Waals surface area (Å²) in [6.07, 6.45) is 2.02. The van der Waals surface area contributed by atoms with Gasteiger partial charge in [0.25, 0.3) is 5.91 Å². The van der Waals surface area contributed by atoms with Crippen molar-refractivity contribution in [2.75, 3.05) is 13.4 Å². The molecule has 2 aromatic carbocycles. The van der Waals surface area contributed by atoms with E-state index in [0.29, 0.717) is 27.3 Å². The zero-order valence-electron chi connectivity index (χ0n) is 13.3. The lowest BCUT2D eigenvalue weighted by Crippen LogP contribution is -2.22. The highest BCUT2D eigenvalue weighted by atomic mass is 32.2. The first-order chi connectivity index (χ1) is 11.6. The SMILES string of the molecule is COc1c(C(=O)NCc2ccc(SC)cc2)sc2cccc(F)c12. The van der Waals surface area contributed by atoms with Gasteiger partial charge in [-0.15, -0.1) is 23.1 Å². The van der Waals surface area contributed by atoms with E-state index in [1.165, 1.54) is 29.4 Å². The van der Waals surface area contributed by atoms with Crippen LogP contribution in [0, 0.1) is 5.82 Å². The number of fused-ring (bicyclic) bond motifs is 1. The molecule has 6 heteroatoms. The van der Waals surface area contributed by atoms with E-state index in [2.05, 4.69) is 5.32 Å². The van der Waals surface area contributed by atoms with Crippen molar-refractivity contribution in [1.29, 1.82) is 0 Å². The Hall–Kier alpha value is -2.05. The predicted octanol–water partition coefficient (Wildman–Crippen LogP) is 4.70. The van der Waals surface area contributed by atoms with Crippen molar-refractivity contribution in [2.24, 2.45) is 0 Å². The van der Waals surface area contributed by atoms with Gasteiger partial charge >= 0.3 is 0 Å². The van der Waals surface area contributed by atoms with Crippen LogP contribution < -0.4 is 10.1 Å². The Morgan fingerprint density at radius 3 is 2.67 bits per heavy atom. The van der Waals surface area contributed by atoms with Crippen LogP contribution in [0.5, 0.6) is 5.75 Å². The van der Waals surface area contributed by atoms with Crippen LogP contribution >= 0.6 is 23.1 Å². The number of amides is 1. The second-order valence-corrected chi connectivity index (χ2v) is 7.04. The molecule has 0 bridgehead atoms. The minimum Gasteiger partial charge on any atom is -0.494 e. The molecule has 1 amide bonds. The standard InChI is InChI=1S/C18H16FNO2S2/c1-22-16-15-13(19)4-3-5-14(15)24-17(16)18(21)20-10-11-6-8-12(23-2)9-7-11/h3-9H,10H2,1-2H3,(H,20,21). The van der Waals surface area contributed by atoms with Gasteiger partial charge in [0.1, 0.15) is 10.7 Å². The fourth-order valence-electron chi connectivity index (χ4n) is 2.43. The summed E-state index contributed by atoms with van der Waals surface area (Å²) in [5.74, 6) is -0.350. The third-order valence-electron chi connectivity index (χ3n) is 3.64. The number of nitrogens with one attached hydrogen (secondary N) is 1. The zero-order valence-corrected chi connectivity index (χ0v) is 14.9. The number of carbonyl (C=O) groups excluding carboxylic acids is 1. The zero-order chi connectivity index (χ0) is 17.1. The van der Waals surface area contributed by atoms with Crippen molar-refractivity contribution in [1.82, 2.24) is 5.32 Å². The molecule has 0 radical (unpaired) electrons. The van der Waals surface area contributed by atoms with Crippen molar-refractivity contribution >= 4 is 39.1 Å². The van der Waals surface area contributed by atoms with Gasteiger partial charge in [0.2, 0.25) is 0 Å². The van der Waals surface area contributed by atoms with Crippen molar-refractivity contribution in [3.8, 4) is 5.75 Å². The number of carbonyl (C=O) groups is 1. The van der Waals surface area contributed by atoms with Crippen LogP contribution in [0.1, 0.15) is 15.2 Å². The van der Waals surface area contributed by atoms with Crippen LogP contribution in [0.25, 0.3) is 10.1 Å². The van der Waals surface area contributed by atoms with E-state index < -0.39 is 0 Å². The lowest BCUT2D eigenvalue weighted by Gasteiger charge is -2.06. The third-order valence-corrected chi connectivity index (χ3v) is 5.52. The molecule has 0 aliphatic rings. The van der Waals surface area contributed by atoms with Crippen molar-refractivity contribution in [2.45, 2.75) is 11.4 Å². The van der Waals surface area contributed by atoms with E-state index in [1.54, 1.807) is 23.9 Å². The lowest BCUT2D eigenvalue weighted by molar-refractivity contribution is 0.0952. The summed E-state index contributed by atoms with van der Waals surface area (Å²) in [7, 11) is 1.45. The van der Waals surface area contributed by atoms with Crippen LogP contribution in [-0.2, 0) is 6.54 Å². The van der Waals surface area contributed by atoms with E-state index in [9.17, 15) is 9.18 Å². The second-order valence-electron chi connectivity index (χ2n) is 5.11. The Morgan fingerprint density at radius 2 is 2.00 bits per heavy atom. The molecule has 24 heavy (non-hydrogen) atoms. The molecule has 0 spiro atoms. The Kier molecular flexibility index (Phi) is 5.06. The van der Waals surface area contributed by atoms with Gasteiger partial charge in [-0.3, -0.25) is 4.79 Å². The summed E-state index contributed by atoms with van der Waals surface area (Å²) in [4.78, 5) is 14.1. The van der Waals surface area contributed by atoms with Crippen LogP contribution in [0.4, 0.5) is 4.39 Å². The molecular formula is C18H16FNO2S2. The Morgan fingerprint density at radius 1 is 1.25 bits per heavy atom. The van der Waals surface area contributed by atoms with Crippen LogP contribution in [0.15, 0.2) is 47.4 Å². The highest BCUT2D eigenvalue weighted by molar-refractivity contribution is 7.98. The molecule has 1 N–H and O–H groups in total. The summed E-state index contributed by atoms with van der Waals surface area (Å²) in [6, 6.07) is 12.8. The Bertz CT molecular complexity index is 875. The van der Waals surface area contributed by atoms with E-state index in [1.807, 2.05) is 30.5 Å². The fraction of sp³-hybridized carbons (Fsp3) is 0.167. The summed E-state index contributed by atoms with van der Waals surface area (Å²) in [6.45, 7) is 0.410. The molecule has 3 nitrogen and oxygen atoms in total. The maximum atomic E-state index is 14.0. The maximum Gasteiger partial charge on any atom is 0.265 e. The summed E-state index contributed by atoms with van der Waals surface area (Å²) in [5.41, 5.74) is 1.01. The molecule has 0 unspecified atom stereocenters. The molecule has 3 aromatic rings. The minimum absolute atomic E-state index is 0.263. The van der Waals surface area contributed by atoms with Gasteiger partial charge in [-0.05, 0) is 36.1 Å². The summed E-state index contributed by atoms with van der Waals surface area (Å²) < 4.78 is 20.0. The molecule has 1 aromatic heterocycles. The van der Waals surface area contributed by atoms with Crippen molar-refractivity contribution < 1.29 is 13.9 Å². The Balaban J connectivity index is 1.82. The number of thiophene rings is 1. The largest absolute Gasteiger partial charge is 0.494 e. The van der Waals surface area contributed by atoms with Crippen LogP contribution in [0.3, 0.4) is 0 Å². The van der Waals surface area contributed by atoms with Gasteiger partial charge in [0.05, 0.1) is 12.5 Å². The number of hydrogen-bond donors (Lipinski definition) is 1. The van der Waals surface area contributed by atoms with Crippen molar-refractivity contribution in [3.05, 3.63) is 58.7 Å². The topological polar surface area (TPSA) is 38.3 Å². The van der Waals surface area contributed by atoms with E-state index in [0.717, 1.165) is 5.56 Å². The van der Waals surface area contributed by atoms with Gasteiger partial charge in [0, 0.05) is 16.1 Å². The van der Waals surface area contributed by atoms with Gasteiger partial charge in [-0.25, -0.2) is 4.39 Å². The van der Waals surface area contributed by atoms with Gasteiger partial charge in [-0.2, -0.15) is 0 Å². The van der Waals surface area contributed by atoms with E-state index in [-0.39, 0.29) is 11.7 Å². The number of ether oxygens (including phenoxy) is 1. The average molecular weight is 361 g/mol. The molecule has 0 saturated heterocycles. The van der Waals surface area contributed by atoms with Gasteiger partial charge in [0.15, 0.2) is 5.75 Å². The maximum absolute atomic E-state index is 14.0. The molecule has 0 fully saturated rings. The molecule has 0 saturated carbocycles. The molecular weight excluding hydrogens is 345 g/mol. The first-order valence-corrected chi connectivity index (χ1v) is 9.34. The quantitative estimate of drug-likeness (QED) is 0.670. The number of benzene rings is 2. The van der Waals surface area contributed by atoms with E-state index >= 15 is 0 Å². The molecule has 0 atom stereocenters. The highest BCUT2D eigenvalue weighted by Gasteiger charge is 2.21. The summed E-state index contributed by atoms with van der Waals surface area (Å²) in [5, 5.41) is 3.23. The molecule has 124 valence electrons. The number of hydrogen-bond acceptors (Lipinski definition) is 4. The number of thioether (sulfide) groups is 1. The average Bonchev–Trinajstić information content (AvgIpc) is 3.00. The normalized spacial score (nSPS) is 10.8. The number of rotatable bonds is 5. The summed E-state index contributed by atoms with van der Waals surface area (Å²) >= 11 is 2.90. The van der Waals surface area contributed by atoms with Crippen molar-refractivity contribution in [3.63, 3.8) is 0 Å². The first-order valence-electron chi connectivity index (χ1n) is 7.30.